The summed E-state index contributed by atoms with van der Waals surface area (Å²) < 4.78 is 13.8. The fraction of sp³-hybridized carbons (Fsp3) is 0.0909. The molecule has 0 aliphatic rings. The molecule has 0 radical (unpaired) electrons. The van der Waals surface area contributed by atoms with Gasteiger partial charge in [0.15, 0.2) is 5.82 Å². The zero-order valence-corrected chi connectivity index (χ0v) is 9.08. The number of fused-ring (bicyclic) bond motifs is 1. The molecule has 0 aliphatic carbocycles. The van der Waals surface area contributed by atoms with Crippen LogP contribution >= 0.6 is 0 Å². The fourth-order valence-corrected chi connectivity index (χ4v) is 1.85. The highest BCUT2D eigenvalue weighted by molar-refractivity contribution is 5.88. The second-order valence-electron chi connectivity index (χ2n) is 3.87. The predicted octanol–water partition coefficient (Wildman–Crippen LogP) is 1.98. The highest BCUT2D eigenvalue weighted by Crippen LogP contribution is 2.28. The number of nitrogens with zero attached hydrogens (tertiary/aromatic N) is 2. The predicted molar refractivity (Wildman–Crippen MR) is 62.8 cm³/mol. The molecule has 0 bridgehead atoms. The first kappa shape index (κ1) is 9.83. The lowest BCUT2D eigenvalue weighted by Gasteiger charge is -1.95. The number of hydrogen-bond donors (Lipinski definition) is 3. The Morgan fingerprint density at radius 2 is 2.12 bits per heavy atom. The second-order valence-corrected chi connectivity index (χ2v) is 3.87. The summed E-state index contributed by atoms with van der Waals surface area (Å²) in [7, 11) is 0. The Morgan fingerprint density at radius 1 is 1.29 bits per heavy atom. The van der Waals surface area contributed by atoms with Crippen molar-refractivity contribution in [3.05, 3.63) is 29.7 Å². The van der Waals surface area contributed by atoms with Gasteiger partial charge in [0.25, 0.3) is 0 Å². The maximum absolute atomic E-state index is 13.8. The first-order valence-electron chi connectivity index (χ1n) is 5.11. The Kier molecular flexibility index (Phi) is 1.91. The monoisotopic (exact) mass is 231 g/mol. The number of nitrogen functional groups attached to an aromatic ring is 1. The lowest BCUT2D eigenvalue weighted by Crippen LogP contribution is -1.89. The molecule has 17 heavy (non-hydrogen) atoms. The topological polar surface area (TPSA) is 83.4 Å². The van der Waals surface area contributed by atoms with Crippen molar-refractivity contribution >= 4 is 16.6 Å². The molecule has 3 aromatic rings. The van der Waals surface area contributed by atoms with E-state index in [0.717, 1.165) is 11.4 Å². The standard InChI is InChI=1S/C11H10FN5/c1-5-11(16-17-15-5)9-4-6-8(14-9)3-2-7(13)10(6)12/h2-4,14H,13H2,1H3,(H,15,16,17). The van der Waals surface area contributed by atoms with Crippen LogP contribution in [0.2, 0.25) is 0 Å². The van der Waals surface area contributed by atoms with Crippen LogP contribution in [-0.2, 0) is 0 Å². The second kappa shape index (κ2) is 3.31. The van der Waals surface area contributed by atoms with Crippen molar-refractivity contribution in [2.24, 2.45) is 0 Å². The summed E-state index contributed by atoms with van der Waals surface area (Å²) in [6, 6.07) is 4.96. The van der Waals surface area contributed by atoms with Crippen molar-refractivity contribution in [3.8, 4) is 11.4 Å². The number of nitrogens with one attached hydrogen (secondary N) is 2. The van der Waals surface area contributed by atoms with Gasteiger partial charge in [-0.2, -0.15) is 15.4 Å². The number of aryl methyl sites for hydroxylation is 1. The Balaban J connectivity index is 2.27. The van der Waals surface area contributed by atoms with Gasteiger partial charge in [0.2, 0.25) is 0 Å². The number of anilines is 1. The van der Waals surface area contributed by atoms with Gasteiger partial charge in [0.05, 0.1) is 17.1 Å². The molecule has 0 aliphatic heterocycles. The maximum Gasteiger partial charge on any atom is 0.155 e. The molecule has 3 rings (SSSR count). The van der Waals surface area contributed by atoms with Crippen LogP contribution in [0.1, 0.15) is 5.69 Å². The maximum atomic E-state index is 13.8. The van der Waals surface area contributed by atoms with Crippen LogP contribution in [0.3, 0.4) is 0 Å². The number of benzene rings is 1. The van der Waals surface area contributed by atoms with Crippen LogP contribution in [0.15, 0.2) is 18.2 Å². The van der Waals surface area contributed by atoms with E-state index < -0.39 is 5.82 Å². The lowest BCUT2D eigenvalue weighted by molar-refractivity contribution is 0.644. The zero-order chi connectivity index (χ0) is 12.0. The van der Waals surface area contributed by atoms with Gasteiger partial charge in [0.1, 0.15) is 5.69 Å². The largest absolute Gasteiger partial charge is 0.396 e. The van der Waals surface area contributed by atoms with Crippen molar-refractivity contribution in [1.29, 1.82) is 0 Å². The van der Waals surface area contributed by atoms with Crippen molar-refractivity contribution in [3.63, 3.8) is 0 Å². The van der Waals surface area contributed by atoms with Gasteiger partial charge in [-0.15, -0.1) is 0 Å². The van der Waals surface area contributed by atoms with E-state index in [1.165, 1.54) is 6.07 Å². The van der Waals surface area contributed by atoms with Gasteiger partial charge < -0.3 is 10.7 Å². The Labute approximate surface area is 95.8 Å². The SMILES string of the molecule is Cc1n[nH]nc1-c1cc2c(F)c(N)ccc2[nH]1. The summed E-state index contributed by atoms with van der Waals surface area (Å²) in [5.74, 6) is -0.411. The molecular weight excluding hydrogens is 221 g/mol. The highest BCUT2D eigenvalue weighted by atomic mass is 19.1. The van der Waals surface area contributed by atoms with Crippen LogP contribution in [0, 0.1) is 12.7 Å². The number of nitrogens with two attached hydrogens (primary N) is 1. The van der Waals surface area contributed by atoms with E-state index >= 15 is 0 Å². The van der Waals surface area contributed by atoms with E-state index in [4.69, 9.17) is 5.73 Å². The summed E-state index contributed by atoms with van der Waals surface area (Å²) in [6.07, 6.45) is 0. The molecule has 86 valence electrons. The van der Waals surface area contributed by atoms with Gasteiger partial charge in [-0.1, -0.05) is 0 Å². The van der Waals surface area contributed by atoms with Gasteiger partial charge in [0, 0.05) is 10.9 Å². The van der Waals surface area contributed by atoms with E-state index in [2.05, 4.69) is 20.4 Å². The fourth-order valence-electron chi connectivity index (χ4n) is 1.85. The molecular formula is C11H10FN5. The summed E-state index contributed by atoms with van der Waals surface area (Å²) in [5.41, 5.74) is 8.50. The van der Waals surface area contributed by atoms with E-state index in [1.54, 1.807) is 12.1 Å². The van der Waals surface area contributed by atoms with E-state index in [0.29, 0.717) is 16.6 Å². The molecule has 0 unspecified atom stereocenters. The van der Waals surface area contributed by atoms with Gasteiger partial charge in [-0.05, 0) is 25.1 Å². The smallest absolute Gasteiger partial charge is 0.155 e. The molecule has 0 atom stereocenters. The summed E-state index contributed by atoms with van der Waals surface area (Å²) in [6.45, 7) is 1.83. The van der Waals surface area contributed by atoms with Gasteiger partial charge >= 0.3 is 0 Å². The van der Waals surface area contributed by atoms with Crippen LogP contribution in [0.4, 0.5) is 10.1 Å². The van der Waals surface area contributed by atoms with E-state index in [-0.39, 0.29) is 5.69 Å². The molecule has 4 N–H and O–H groups in total. The van der Waals surface area contributed by atoms with E-state index in [1.807, 2.05) is 6.92 Å². The molecule has 5 nitrogen and oxygen atoms in total. The summed E-state index contributed by atoms with van der Waals surface area (Å²) >= 11 is 0. The van der Waals surface area contributed by atoms with E-state index in [9.17, 15) is 4.39 Å². The molecule has 0 saturated heterocycles. The van der Waals surface area contributed by atoms with Crippen LogP contribution in [-0.4, -0.2) is 20.4 Å². The number of rotatable bonds is 1. The summed E-state index contributed by atoms with van der Waals surface area (Å²) in [5, 5.41) is 10.9. The lowest BCUT2D eigenvalue weighted by atomic mass is 10.2. The molecule has 2 aromatic heterocycles. The third-order valence-electron chi connectivity index (χ3n) is 2.74. The first-order valence-corrected chi connectivity index (χ1v) is 5.11. The molecule has 1 aromatic carbocycles. The van der Waals surface area contributed by atoms with Crippen LogP contribution < -0.4 is 5.73 Å². The molecule has 0 fully saturated rings. The molecule has 0 spiro atoms. The van der Waals surface area contributed by atoms with Crippen LogP contribution in [0.5, 0.6) is 0 Å². The van der Waals surface area contributed by atoms with Crippen molar-refractivity contribution in [1.82, 2.24) is 20.4 Å². The molecule has 6 heteroatoms. The third kappa shape index (κ3) is 1.37. The number of halogens is 1. The first-order chi connectivity index (χ1) is 8.16. The molecule has 0 amide bonds. The average Bonchev–Trinajstić information content (AvgIpc) is 2.89. The average molecular weight is 231 g/mol. The molecule has 0 saturated carbocycles. The zero-order valence-electron chi connectivity index (χ0n) is 9.08. The third-order valence-corrected chi connectivity index (χ3v) is 2.74. The quantitative estimate of drug-likeness (QED) is 0.560. The Bertz CT molecular complexity index is 697. The van der Waals surface area contributed by atoms with Crippen molar-refractivity contribution in [2.75, 3.05) is 5.73 Å². The Hall–Kier alpha value is -2.37. The van der Waals surface area contributed by atoms with Gasteiger partial charge in [-0.25, -0.2) is 4.39 Å². The highest BCUT2D eigenvalue weighted by Gasteiger charge is 2.12. The minimum absolute atomic E-state index is 0.139. The number of hydrogen-bond acceptors (Lipinski definition) is 3. The molecule has 2 heterocycles. The number of aromatic amines is 2. The normalized spacial score (nSPS) is 11.2. The summed E-state index contributed by atoms with van der Waals surface area (Å²) in [4.78, 5) is 3.09. The number of H-pyrrole nitrogens is 2. The Morgan fingerprint density at radius 3 is 2.82 bits per heavy atom. The van der Waals surface area contributed by atoms with Gasteiger partial charge in [-0.3, -0.25) is 0 Å². The van der Waals surface area contributed by atoms with Crippen molar-refractivity contribution < 1.29 is 4.39 Å². The minimum Gasteiger partial charge on any atom is -0.396 e. The minimum atomic E-state index is -0.411. The van der Waals surface area contributed by atoms with Crippen LogP contribution in [0.25, 0.3) is 22.3 Å². The van der Waals surface area contributed by atoms with Crippen molar-refractivity contribution in [2.45, 2.75) is 6.92 Å². The number of aromatic nitrogens is 4.